The van der Waals surface area contributed by atoms with Crippen molar-refractivity contribution in [2.75, 3.05) is 26.7 Å². The van der Waals surface area contributed by atoms with Gasteiger partial charge in [0.25, 0.3) is 0 Å². The maximum absolute atomic E-state index is 5.31. The van der Waals surface area contributed by atoms with Gasteiger partial charge < -0.3 is 15.4 Å². The second kappa shape index (κ2) is 6.30. The van der Waals surface area contributed by atoms with Gasteiger partial charge in [-0.1, -0.05) is 0 Å². The molecule has 0 aromatic carbocycles. The molecule has 1 saturated heterocycles. The topological polar surface area (TPSA) is 46.2 Å². The molecule has 90 valence electrons. The Bertz CT molecular complexity index is 291. The number of rotatable bonds is 6. The normalized spacial score (nSPS) is 25.1. The SMILES string of the molecule is COC1CNC(CNCCc2cscn2)C1. The van der Waals surface area contributed by atoms with Crippen molar-refractivity contribution in [3.63, 3.8) is 0 Å². The summed E-state index contributed by atoms with van der Waals surface area (Å²) in [6.45, 7) is 3.00. The van der Waals surface area contributed by atoms with Crippen LogP contribution in [0.15, 0.2) is 10.9 Å². The predicted octanol–water partition coefficient (Wildman–Crippen LogP) is 0.652. The first-order chi connectivity index (χ1) is 7.88. The summed E-state index contributed by atoms with van der Waals surface area (Å²) in [5, 5.41) is 9.01. The molecule has 2 heterocycles. The van der Waals surface area contributed by atoms with E-state index < -0.39 is 0 Å². The van der Waals surface area contributed by atoms with Gasteiger partial charge in [0.15, 0.2) is 0 Å². The van der Waals surface area contributed by atoms with E-state index in [1.807, 2.05) is 5.51 Å². The molecule has 1 aromatic rings. The van der Waals surface area contributed by atoms with Crippen LogP contribution in [0.1, 0.15) is 12.1 Å². The number of nitrogens with one attached hydrogen (secondary N) is 2. The minimum atomic E-state index is 0.394. The summed E-state index contributed by atoms with van der Waals surface area (Å²) in [5.74, 6) is 0. The number of hydrogen-bond acceptors (Lipinski definition) is 5. The number of ether oxygens (including phenoxy) is 1. The first-order valence-electron chi connectivity index (χ1n) is 5.72. The van der Waals surface area contributed by atoms with Gasteiger partial charge in [0.05, 0.1) is 17.3 Å². The number of thiazole rings is 1. The van der Waals surface area contributed by atoms with Crippen molar-refractivity contribution in [1.29, 1.82) is 0 Å². The third kappa shape index (κ3) is 3.52. The molecule has 1 aliphatic rings. The molecule has 0 saturated carbocycles. The molecular weight excluding hydrogens is 222 g/mol. The van der Waals surface area contributed by atoms with Gasteiger partial charge in [-0.15, -0.1) is 11.3 Å². The van der Waals surface area contributed by atoms with Gasteiger partial charge >= 0.3 is 0 Å². The Morgan fingerprint density at radius 1 is 1.69 bits per heavy atom. The van der Waals surface area contributed by atoms with Gasteiger partial charge in [0.1, 0.15) is 0 Å². The van der Waals surface area contributed by atoms with E-state index in [0.29, 0.717) is 12.1 Å². The van der Waals surface area contributed by atoms with Crippen molar-refractivity contribution in [3.8, 4) is 0 Å². The Morgan fingerprint density at radius 3 is 3.31 bits per heavy atom. The minimum Gasteiger partial charge on any atom is -0.380 e. The van der Waals surface area contributed by atoms with E-state index in [2.05, 4.69) is 21.0 Å². The van der Waals surface area contributed by atoms with Crippen molar-refractivity contribution in [3.05, 3.63) is 16.6 Å². The lowest BCUT2D eigenvalue weighted by Gasteiger charge is -2.11. The summed E-state index contributed by atoms with van der Waals surface area (Å²) in [7, 11) is 1.78. The van der Waals surface area contributed by atoms with Crippen LogP contribution in [0.4, 0.5) is 0 Å². The lowest BCUT2D eigenvalue weighted by Crippen LogP contribution is -2.34. The summed E-state index contributed by atoms with van der Waals surface area (Å²) >= 11 is 1.66. The fourth-order valence-corrected chi connectivity index (χ4v) is 2.56. The molecular formula is C11H19N3OS. The standard InChI is InChI=1S/C11H19N3OS/c1-15-11-4-10(13-6-11)5-12-3-2-9-7-16-8-14-9/h7-8,10-13H,2-6H2,1H3. The second-order valence-corrected chi connectivity index (χ2v) is 4.85. The first-order valence-corrected chi connectivity index (χ1v) is 6.66. The lowest BCUT2D eigenvalue weighted by molar-refractivity contribution is 0.117. The molecule has 5 heteroatoms. The van der Waals surface area contributed by atoms with Crippen molar-refractivity contribution in [1.82, 2.24) is 15.6 Å². The Labute approximate surface area is 100 Å². The van der Waals surface area contributed by atoms with Gasteiger partial charge in [-0.05, 0) is 6.42 Å². The molecule has 0 aliphatic carbocycles. The van der Waals surface area contributed by atoms with Crippen LogP contribution in [-0.4, -0.2) is 43.9 Å². The lowest BCUT2D eigenvalue weighted by atomic mass is 10.2. The van der Waals surface area contributed by atoms with Gasteiger partial charge in [-0.2, -0.15) is 0 Å². The molecule has 0 spiro atoms. The van der Waals surface area contributed by atoms with Gasteiger partial charge in [0, 0.05) is 44.6 Å². The first kappa shape index (κ1) is 12.0. The molecule has 2 rings (SSSR count). The van der Waals surface area contributed by atoms with E-state index in [1.54, 1.807) is 18.4 Å². The third-order valence-corrected chi connectivity index (χ3v) is 3.58. The van der Waals surface area contributed by atoms with Gasteiger partial charge in [0.2, 0.25) is 0 Å². The van der Waals surface area contributed by atoms with E-state index in [1.165, 1.54) is 5.69 Å². The Balaban J connectivity index is 1.55. The van der Waals surface area contributed by atoms with Crippen molar-refractivity contribution >= 4 is 11.3 Å². The van der Waals surface area contributed by atoms with E-state index in [-0.39, 0.29) is 0 Å². The van der Waals surface area contributed by atoms with E-state index >= 15 is 0 Å². The smallest absolute Gasteiger partial charge is 0.0794 e. The monoisotopic (exact) mass is 241 g/mol. The molecule has 1 aliphatic heterocycles. The third-order valence-electron chi connectivity index (χ3n) is 2.95. The zero-order valence-electron chi connectivity index (χ0n) is 9.61. The predicted molar refractivity (Wildman–Crippen MR) is 65.9 cm³/mol. The van der Waals surface area contributed by atoms with Crippen LogP contribution in [0.5, 0.6) is 0 Å². The number of methoxy groups -OCH3 is 1. The number of hydrogen-bond donors (Lipinski definition) is 2. The molecule has 1 aromatic heterocycles. The van der Waals surface area contributed by atoms with E-state index in [4.69, 9.17) is 4.74 Å². The van der Waals surface area contributed by atoms with Crippen LogP contribution < -0.4 is 10.6 Å². The zero-order valence-corrected chi connectivity index (χ0v) is 10.4. The van der Waals surface area contributed by atoms with Crippen LogP contribution in [0.2, 0.25) is 0 Å². The second-order valence-electron chi connectivity index (χ2n) is 4.13. The Hall–Kier alpha value is -0.490. The Morgan fingerprint density at radius 2 is 2.62 bits per heavy atom. The quantitative estimate of drug-likeness (QED) is 0.718. The van der Waals surface area contributed by atoms with Crippen molar-refractivity contribution < 1.29 is 4.74 Å². The van der Waals surface area contributed by atoms with E-state index in [9.17, 15) is 0 Å². The van der Waals surface area contributed by atoms with Crippen LogP contribution in [0.3, 0.4) is 0 Å². The molecule has 16 heavy (non-hydrogen) atoms. The molecule has 4 nitrogen and oxygen atoms in total. The van der Waals surface area contributed by atoms with Crippen molar-refractivity contribution in [2.45, 2.75) is 25.0 Å². The summed E-state index contributed by atoms with van der Waals surface area (Å²) in [5.41, 5.74) is 3.07. The highest BCUT2D eigenvalue weighted by Crippen LogP contribution is 2.08. The van der Waals surface area contributed by atoms with Gasteiger partial charge in [-0.3, -0.25) is 0 Å². The van der Waals surface area contributed by atoms with Crippen LogP contribution in [-0.2, 0) is 11.2 Å². The maximum atomic E-state index is 5.31. The van der Waals surface area contributed by atoms with Crippen LogP contribution in [0.25, 0.3) is 0 Å². The largest absolute Gasteiger partial charge is 0.380 e. The molecule has 2 atom stereocenters. The summed E-state index contributed by atoms with van der Waals surface area (Å²) in [6.07, 6.45) is 2.52. The highest BCUT2D eigenvalue weighted by Gasteiger charge is 2.22. The maximum Gasteiger partial charge on any atom is 0.0794 e. The fraction of sp³-hybridized carbons (Fsp3) is 0.727. The summed E-state index contributed by atoms with van der Waals surface area (Å²) in [4.78, 5) is 4.25. The highest BCUT2D eigenvalue weighted by molar-refractivity contribution is 7.07. The zero-order chi connectivity index (χ0) is 11.2. The van der Waals surface area contributed by atoms with E-state index in [0.717, 1.165) is 32.5 Å². The van der Waals surface area contributed by atoms with Gasteiger partial charge in [-0.25, -0.2) is 4.98 Å². The number of nitrogens with zero attached hydrogens (tertiary/aromatic N) is 1. The molecule has 1 fully saturated rings. The Kier molecular flexibility index (Phi) is 4.71. The molecule has 0 bridgehead atoms. The minimum absolute atomic E-state index is 0.394. The molecule has 0 radical (unpaired) electrons. The van der Waals surface area contributed by atoms with Crippen LogP contribution >= 0.6 is 11.3 Å². The van der Waals surface area contributed by atoms with Crippen LogP contribution in [0, 0.1) is 0 Å². The average Bonchev–Trinajstić information content (AvgIpc) is 2.95. The molecule has 2 N–H and O–H groups in total. The fourth-order valence-electron chi connectivity index (χ4n) is 1.97. The summed E-state index contributed by atoms with van der Waals surface area (Å²) < 4.78 is 5.31. The average molecular weight is 241 g/mol. The summed E-state index contributed by atoms with van der Waals surface area (Å²) in [6, 6.07) is 0.556. The highest BCUT2D eigenvalue weighted by atomic mass is 32.1. The number of aromatic nitrogens is 1. The van der Waals surface area contributed by atoms with Crippen molar-refractivity contribution in [2.24, 2.45) is 0 Å². The molecule has 2 unspecified atom stereocenters. The molecule has 0 amide bonds.